The third-order valence-electron chi connectivity index (χ3n) is 4.81. The second-order valence-electron chi connectivity index (χ2n) is 6.16. The normalized spacial score (nSPS) is 19.9. The summed E-state index contributed by atoms with van der Waals surface area (Å²) in [6, 6.07) is 6.85. The Labute approximate surface area is 117 Å². The van der Waals surface area contributed by atoms with Gasteiger partial charge in [-0.3, -0.25) is 11.3 Å². The lowest BCUT2D eigenvalue weighted by atomic mass is 9.81. The quantitative estimate of drug-likeness (QED) is 0.647. The van der Waals surface area contributed by atoms with Crippen LogP contribution in [-0.2, 0) is 0 Å². The number of benzene rings is 1. The van der Waals surface area contributed by atoms with Crippen LogP contribution < -0.4 is 11.3 Å². The molecule has 0 aliphatic heterocycles. The molecule has 1 aromatic rings. The van der Waals surface area contributed by atoms with Crippen molar-refractivity contribution in [2.75, 3.05) is 14.1 Å². The van der Waals surface area contributed by atoms with Crippen molar-refractivity contribution in [2.45, 2.75) is 51.1 Å². The number of nitrogens with one attached hydrogen (secondary N) is 1. The lowest BCUT2D eigenvalue weighted by molar-refractivity contribution is 0.104. The van der Waals surface area contributed by atoms with Gasteiger partial charge in [0.15, 0.2) is 0 Å². The maximum absolute atomic E-state index is 5.95. The van der Waals surface area contributed by atoms with E-state index in [0.29, 0.717) is 0 Å². The Morgan fingerprint density at radius 3 is 2.37 bits per heavy atom. The smallest absolute Gasteiger partial charge is 0.0646 e. The molecule has 2 rings (SSSR count). The van der Waals surface area contributed by atoms with Crippen LogP contribution in [0.4, 0.5) is 0 Å². The predicted octanol–water partition coefficient (Wildman–Crippen LogP) is 2.68. The highest BCUT2D eigenvalue weighted by Gasteiger charge is 2.43. The molecule has 0 radical (unpaired) electrons. The summed E-state index contributed by atoms with van der Waals surface area (Å²) in [5.41, 5.74) is 7.22. The van der Waals surface area contributed by atoms with Crippen LogP contribution in [0, 0.1) is 13.8 Å². The molecule has 1 atom stereocenters. The number of hydrogen-bond donors (Lipinski definition) is 2. The zero-order valence-corrected chi connectivity index (χ0v) is 12.7. The van der Waals surface area contributed by atoms with Gasteiger partial charge < -0.3 is 4.90 Å². The van der Waals surface area contributed by atoms with Gasteiger partial charge in [0.05, 0.1) is 6.04 Å². The van der Waals surface area contributed by atoms with Gasteiger partial charge in [-0.15, -0.1) is 0 Å². The highest BCUT2D eigenvalue weighted by atomic mass is 15.3. The van der Waals surface area contributed by atoms with Crippen LogP contribution in [0.3, 0.4) is 0 Å². The summed E-state index contributed by atoms with van der Waals surface area (Å²) in [6.07, 6.45) is 5.01. The summed E-state index contributed by atoms with van der Waals surface area (Å²) in [4.78, 5) is 2.37. The number of nitrogens with zero attached hydrogens (tertiary/aromatic N) is 1. The Hall–Kier alpha value is -0.900. The monoisotopic (exact) mass is 261 g/mol. The van der Waals surface area contributed by atoms with E-state index in [2.05, 4.69) is 56.5 Å². The van der Waals surface area contributed by atoms with E-state index in [9.17, 15) is 0 Å². The molecule has 1 aliphatic carbocycles. The molecule has 19 heavy (non-hydrogen) atoms. The van der Waals surface area contributed by atoms with E-state index >= 15 is 0 Å². The zero-order chi connectivity index (χ0) is 14.0. The first kappa shape index (κ1) is 14.5. The van der Waals surface area contributed by atoms with Crippen LogP contribution in [0.2, 0.25) is 0 Å². The summed E-state index contributed by atoms with van der Waals surface area (Å²) in [5, 5.41) is 0. The minimum absolute atomic E-state index is 0.146. The number of rotatable bonds is 4. The van der Waals surface area contributed by atoms with Crippen molar-refractivity contribution < 1.29 is 0 Å². The number of nitrogens with two attached hydrogens (primary N) is 1. The molecule has 106 valence electrons. The minimum atomic E-state index is 0.146. The fourth-order valence-electron chi connectivity index (χ4n) is 3.59. The summed E-state index contributed by atoms with van der Waals surface area (Å²) in [7, 11) is 4.36. The number of hydrogen-bond acceptors (Lipinski definition) is 3. The molecule has 0 amide bonds. The lowest BCUT2D eigenvalue weighted by Gasteiger charge is -2.43. The van der Waals surface area contributed by atoms with Crippen LogP contribution in [0.1, 0.15) is 48.4 Å². The highest BCUT2D eigenvalue weighted by Crippen LogP contribution is 2.43. The molecule has 1 unspecified atom stereocenters. The molecule has 0 heterocycles. The maximum Gasteiger partial charge on any atom is 0.0646 e. The van der Waals surface area contributed by atoms with Gasteiger partial charge in [-0.05, 0) is 51.9 Å². The molecule has 0 bridgehead atoms. The molecule has 3 heteroatoms. The summed E-state index contributed by atoms with van der Waals surface area (Å²) in [5.74, 6) is 5.95. The standard InChI is InChI=1S/C16H27N3/c1-12-7-8-13(2)14(11-12)15(18-17)16(19(3)4)9-5-6-10-16/h7-8,11,15,18H,5-6,9-10,17H2,1-4H3. The first-order chi connectivity index (χ1) is 9.01. The van der Waals surface area contributed by atoms with Gasteiger partial charge in [0.25, 0.3) is 0 Å². The summed E-state index contributed by atoms with van der Waals surface area (Å²) < 4.78 is 0. The number of likely N-dealkylation sites (N-methyl/N-ethyl adjacent to an activating group) is 1. The van der Waals surface area contributed by atoms with Crippen LogP contribution in [-0.4, -0.2) is 24.5 Å². The topological polar surface area (TPSA) is 41.3 Å². The van der Waals surface area contributed by atoms with E-state index in [0.717, 1.165) is 0 Å². The van der Waals surface area contributed by atoms with Crippen molar-refractivity contribution in [3.63, 3.8) is 0 Å². The molecule has 1 fully saturated rings. The van der Waals surface area contributed by atoms with Crippen LogP contribution in [0.25, 0.3) is 0 Å². The zero-order valence-electron chi connectivity index (χ0n) is 12.7. The molecular weight excluding hydrogens is 234 g/mol. The van der Waals surface area contributed by atoms with Crippen LogP contribution in [0.15, 0.2) is 18.2 Å². The Morgan fingerprint density at radius 2 is 1.84 bits per heavy atom. The largest absolute Gasteiger partial charge is 0.302 e. The van der Waals surface area contributed by atoms with Gasteiger partial charge >= 0.3 is 0 Å². The van der Waals surface area contributed by atoms with Crippen LogP contribution in [0.5, 0.6) is 0 Å². The van der Waals surface area contributed by atoms with E-state index in [-0.39, 0.29) is 11.6 Å². The predicted molar refractivity (Wildman–Crippen MR) is 80.9 cm³/mol. The van der Waals surface area contributed by atoms with Gasteiger partial charge in [0.1, 0.15) is 0 Å². The third-order valence-corrected chi connectivity index (χ3v) is 4.81. The fraction of sp³-hybridized carbons (Fsp3) is 0.625. The fourth-order valence-corrected chi connectivity index (χ4v) is 3.59. The average molecular weight is 261 g/mol. The maximum atomic E-state index is 5.95. The molecule has 0 saturated heterocycles. The summed E-state index contributed by atoms with van der Waals surface area (Å²) in [6.45, 7) is 4.32. The Kier molecular flexibility index (Phi) is 4.29. The molecule has 3 N–H and O–H groups in total. The van der Waals surface area contributed by atoms with Crippen molar-refractivity contribution in [1.29, 1.82) is 0 Å². The molecule has 1 aliphatic rings. The molecule has 1 saturated carbocycles. The van der Waals surface area contributed by atoms with E-state index in [1.807, 2.05) is 0 Å². The van der Waals surface area contributed by atoms with Gasteiger partial charge in [0.2, 0.25) is 0 Å². The SMILES string of the molecule is Cc1ccc(C)c(C(NN)C2(N(C)C)CCCC2)c1. The lowest BCUT2D eigenvalue weighted by Crippen LogP contribution is -2.53. The molecule has 0 spiro atoms. The highest BCUT2D eigenvalue weighted by molar-refractivity contribution is 5.35. The minimum Gasteiger partial charge on any atom is -0.302 e. The second-order valence-corrected chi connectivity index (χ2v) is 6.16. The van der Waals surface area contributed by atoms with Gasteiger partial charge in [-0.25, -0.2) is 0 Å². The molecule has 3 nitrogen and oxygen atoms in total. The number of hydrazine groups is 1. The molecule has 1 aromatic carbocycles. The Balaban J connectivity index is 2.45. The van der Waals surface area contributed by atoms with Crippen molar-refractivity contribution in [2.24, 2.45) is 5.84 Å². The summed E-state index contributed by atoms with van der Waals surface area (Å²) >= 11 is 0. The molecular formula is C16H27N3. The first-order valence-corrected chi connectivity index (χ1v) is 7.22. The third kappa shape index (κ3) is 2.55. The average Bonchev–Trinajstić information content (AvgIpc) is 2.85. The van der Waals surface area contributed by atoms with E-state index in [1.165, 1.54) is 42.4 Å². The van der Waals surface area contributed by atoms with Crippen molar-refractivity contribution in [3.05, 3.63) is 34.9 Å². The van der Waals surface area contributed by atoms with Crippen molar-refractivity contribution >= 4 is 0 Å². The Bertz CT molecular complexity index is 434. The number of aryl methyl sites for hydroxylation is 2. The Morgan fingerprint density at radius 1 is 1.21 bits per heavy atom. The van der Waals surface area contributed by atoms with Crippen molar-refractivity contribution in [1.82, 2.24) is 10.3 Å². The van der Waals surface area contributed by atoms with Gasteiger partial charge in [-0.2, -0.15) is 0 Å². The van der Waals surface area contributed by atoms with E-state index < -0.39 is 0 Å². The van der Waals surface area contributed by atoms with Gasteiger partial charge in [-0.1, -0.05) is 36.6 Å². The second kappa shape index (κ2) is 5.61. The van der Waals surface area contributed by atoms with Gasteiger partial charge in [0, 0.05) is 5.54 Å². The molecule has 0 aromatic heterocycles. The van der Waals surface area contributed by atoms with Crippen LogP contribution >= 0.6 is 0 Å². The van der Waals surface area contributed by atoms with E-state index in [1.54, 1.807) is 0 Å². The van der Waals surface area contributed by atoms with Crippen molar-refractivity contribution in [3.8, 4) is 0 Å². The van der Waals surface area contributed by atoms with E-state index in [4.69, 9.17) is 5.84 Å². The first-order valence-electron chi connectivity index (χ1n) is 7.22.